The minimum atomic E-state index is -0.263. The predicted octanol–water partition coefficient (Wildman–Crippen LogP) is 3.80. The lowest BCUT2D eigenvalue weighted by atomic mass is 9.84. The highest BCUT2D eigenvalue weighted by Crippen LogP contribution is 2.26. The van der Waals surface area contributed by atoms with Crippen LogP contribution in [0.3, 0.4) is 0 Å². The molecule has 0 aromatic heterocycles. The molecule has 0 spiro atoms. The fourth-order valence-electron chi connectivity index (χ4n) is 2.40. The van der Waals surface area contributed by atoms with Crippen LogP contribution in [0.15, 0.2) is 54.6 Å². The Balaban J connectivity index is 2.11. The molecule has 2 aromatic rings. The first kappa shape index (κ1) is 12.8. The van der Waals surface area contributed by atoms with Crippen LogP contribution in [0.1, 0.15) is 30.0 Å². The summed E-state index contributed by atoms with van der Waals surface area (Å²) in [4.78, 5) is 0. The first-order chi connectivity index (χ1) is 8.59. The molecule has 0 amide bonds. The summed E-state index contributed by atoms with van der Waals surface area (Å²) in [5, 5.41) is 0. The first-order valence-corrected chi connectivity index (χ1v) is 6.48. The Morgan fingerprint density at radius 1 is 0.944 bits per heavy atom. The van der Waals surface area contributed by atoms with E-state index < -0.39 is 0 Å². The molecule has 2 aromatic carbocycles. The third kappa shape index (κ3) is 2.99. The SMILES string of the molecule is Cc1ccccc1C(C)(N)CCc1ccccc1. The van der Waals surface area contributed by atoms with Crippen molar-refractivity contribution < 1.29 is 0 Å². The van der Waals surface area contributed by atoms with E-state index in [1.807, 2.05) is 6.07 Å². The molecule has 0 saturated carbocycles. The summed E-state index contributed by atoms with van der Waals surface area (Å²) < 4.78 is 0. The second-order valence-corrected chi connectivity index (χ2v) is 5.22. The van der Waals surface area contributed by atoms with Crippen LogP contribution in [0.5, 0.6) is 0 Å². The summed E-state index contributed by atoms with van der Waals surface area (Å²) in [5.41, 5.74) is 10.1. The summed E-state index contributed by atoms with van der Waals surface area (Å²) in [7, 11) is 0. The van der Waals surface area contributed by atoms with Crippen molar-refractivity contribution in [3.63, 3.8) is 0 Å². The van der Waals surface area contributed by atoms with Crippen LogP contribution in [0, 0.1) is 6.92 Å². The Labute approximate surface area is 110 Å². The van der Waals surface area contributed by atoms with Crippen molar-refractivity contribution in [1.82, 2.24) is 0 Å². The summed E-state index contributed by atoms with van der Waals surface area (Å²) in [6.45, 7) is 4.25. The second kappa shape index (κ2) is 5.36. The zero-order valence-electron chi connectivity index (χ0n) is 11.2. The van der Waals surface area contributed by atoms with Gasteiger partial charge in [-0.05, 0) is 43.4 Å². The van der Waals surface area contributed by atoms with Crippen LogP contribution in [-0.2, 0) is 12.0 Å². The smallest absolute Gasteiger partial charge is 0.0386 e. The topological polar surface area (TPSA) is 26.0 Å². The zero-order chi connectivity index (χ0) is 13.0. The van der Waals surface area contributed by atoms with Gasteiger partial charge in [-0.25, -0.2) is 0 Å². The molecule has 1 unspecified atom stereocenters. The van der Waals surface area contributed by atoms with Gasteiger partial charge >= 0.3 is 0 Å². The highest BCUT2D eigenvalue weighted by Gasteiger charge is 2.22. The molecule has 0 aliphatic rings. The van der Waals surface area contributed by atoms with Crippen LogP contribution in [0.2, 0.25) is 0 Å². The van der Waals surface area contributed by atoms with Gasteiger partial charge in [-0.15, -0.1) is 0 Å². The zero-order valence-corrected chi connectivity index (χ0v) is 11.2. The first-order valence-electron chi connectivity index (χ1n) is 6.48. The maximum atomic E-state index is 6.49. The van der Waals surface area contributed by atoms with Gasteiger partial charge in [0.15, 0.2) is 0 Å². The van der Waals surface area contributed by atoms with Crippen molar-refractivity contribution in [2.75, 3.05) is 0 Å². The van der Waals surface area contributed by atoms with Crippen molar-refractivity contribution in [3.8, 4) is 0 Å². The molecular formula is C17H21N. The molecule has 0 aliphatic heterocycles. The normalized spacial score (nSPS) is 14.2. The highest BCUT2D eigenvalue weighted by atomic mass is 14.7. The van der Waals surface area contributed by atoms with Crippen molar-refractivity contribution in [2.45, 2.75) is 32.2 Å². The Hall–Kier alpha value is -1.60. The Morgan fingerprint density at radius 2 is 1.56 bits per heavy atom. The monoisotopic (exact) mass is 239 g/mol. The van der Waals surface area contributed by atoms with Crippen molar-refractivity contribution in [2.24, 2.45) is 5.73 Å². The van der Waals surface area contributed by atoms with Gasteiger partial charge in [0.05, 0.1) is 0 Å². The van der Waals surface area contributed by atoms with E-state index in [2.05, 4.69) is 62.4 Å². The molecule has 2 N–H and O–H groups in total. The summed E-state index contributed by atoms with van der Waals surface area (Å²) in [5.74, 6) is 0. The summed E-state index contributed by atoms with van der Waals surface area (Å²) in [6.07, 6.45) is 1.98. The van der Waals surface area contributed by atoms with Gasteiger partial charge < -0.3 is 5.73 Å². The molecule has 0 heterocycles. The summed E-state index contributed by atoms with van der Waals surface area (Å²) >= 11 is 0. The third-order valence-corrected chi connectivity index (χ3v) is 3.54. The lowest BCUT2D eigenvalue weighted by molar-refractivity contribution is 0.450. The van der Waals surface area contributed by atoms with E-state index in [0.29, 0.717) is 0 Å². The highest BCUT2D eigenvalue weighted by molar-refractivity contribution is 5.32. The molecule has 0 saturated heterocycles. The van der Waals surface area contributed by atoms with E-state index in [0.717, 1.165) is 12.8 Å². The molecule has 1 heteroatoms. The minimum absolute atomic E-state index is 0.263. The number of nitrogens with two attached hydrogens (primary N) is 1. The Bertz CT molecular complexity index is 500. The number of aryl methyl sites for hydroxylation is 2. The molecule has 94 valence electrons. The fourth-order valence-corrected chi connectivity index (χ4v) is 2.40. The lowest BCUT2D eigenvalue weighted by Crippen LogP contribution is -2.34. The average Bonchev–Trinajstić information content (AvgIpc) is 2.38. The van der Waals surface area contributed by atoms with Gasteiger partial charge in [0.25, 0.3) is 0 Å². The number of hydrogen-bond donors (Lipinski definition) is 1. The van der Waals surface area contributed by atoms with E-state index in [-0.39, 0.29) is 5.54 Å². The fraction of sp³-hybridized carbons (Fsp3) is 0.294. The van der Waals surface area contributed by atoms with Crippen molar-refractivity contribution >= 4 is 0 Å². The Morgan fingerprint density at radius 3 is 2.22 bits per heavy atom. The molecule has 18 heavy (non-hydrogen) atoms. The van der Waals surface area contributed by atoms with Gasteiger partial charge in [-0.1, -0.05) is 54.6 Å². The van der Waals surface area contributed by atoms with Gasteiger partial charge in [0.2, 0.25) is 0 Å². The predicted molar refractivity (Wildman–Crippen MR) is 77.5 cm³/mol. The molecule has 1 nitrogen and oxygen atoms in total. The van der Waals surface area contributed by atoms with Crippen molar-refractivity contribution in [3.05, 3.63) is 71.3 Å². The molecule has 2 rings (SSSR count). The molecule has 0 radical (unpaired) electrons. The molecule has 0 bridgehead atoms. The van der Waals surface area contributed by atoms with Crippen LogP contribution in [0.4, 0.5) is 0 Å². The number of hydrogen-bond acceptors (Lipinski definition) is 1. The number of rotatable bonds is 4. The second-order valence-electron chi connectivity index (χ2n) is 5.22. The third-order valence-electron chi connectivity index (χ3n) is 3.54. The number of benzene rings is 2. The maximum Gasteiger partial charge on any atom is 0.0386 e. The van der Waals surface area contributed by atoms with E-state index in [4.69, 9.17) is 5.73 Å². The molecule has 0 fully saturated rings. The molecular weight excluding hydrogens is 218 g/mol. The molecule has 1 atom stereocenters. The minimum Gasteiger partial charge on any atom is -0.322 e. The largest absolute Gasteiger partial charge is 0.322 e. The van der Waals surface area contributed by atoms with Crippen LogP contribution >= 0.6 is 0 Å². The van der Waals surface area contributed by atoms with E-state index in [9.17, 15) is 0 Å². The van der Waals surface area contributed by atoms with Crippen molar-refractivity contribution in [1.29, 1.82) is 0 Å². The van der Waals surface area contributed by atoms with Crippen LogP contribution < -0.4 is 5.73 Å². The van der Waals surface area contributed by atoms with Crippen LogP contribution in [0.25, 0.3) is 0 Å². The van der Waals surface area contributed by atoms with Gasteiger partial charge in [-0.2, -0.15) is 0 Å². The van der Waals surface area contributed by atoms with Gasteiger partial charge in [-0.3, -0.25) is 0 Å². The Kier molecular flexibility index (Phi) is 3.83. The molecule has 0 aliphatic carbocycles. The average molecular weight is 239 g/mol. The van der Waals surface area contributed by atoms with E-state index >= 15 is 0 Å². The lowest BCUT2D eigenvalue weighted by Gasteiger charge is -2.27. The quantitative estimate of drug-likeness (QED) is 0.862. The van der Waals surface area contributed by atoms with E-state index in [1.165, 1.54) is 16.7 Å². The van der Waals surface area contributed by atoms with Crippen LogP contribution in [-0.4, -0.2) is 0 Å². The van der Waals surface area contributed by atoms with Gasteiger partial charge in [0, 0.05) is 5.54 Å². The van der Waals surface area contributed by atoms with Gasteiger partial charge in [0.1, 0.15) is 0 Å². The standard InChI is InChI=1S/C17H21N/c1-14-8-6-7-11-16(14)17(2,18)13-12-15-9-4-3-5-10-15/h3-11H,12-13,18H2,1-2H3. The van der Waals surface area contributed by atoms with E-state index in [1.54, 1.807) is 0 Å². The summed E-state index contributed by atoms with van der Waals surface area (Å²) in [6, 6.07) is 18.9. The maximum absolute atomic E-state index is 6.49.